The third-order valence-electron chi connectivity index (χ3n) is 2.42. The summed E-state index contributed by atoms with van der Waals surface area (Å²) in [6.45, 7) is 0.562. The monoisotopic (exact) mass is 223 g/mol. The Kier molecular flexibility index (Phi) is 2.61. The van der Waals surface area contributed by atoms with E-state index in [9.17, 15) is 9.59 Å². The molecule has 0 spiro atoms. The lowest BCUT2D eigenvalue weighted by Crippen LogP contribution is -2.28. The molecule has 7 nitrogen and oxygen atoms in total. The number of rotatable bonds is 3. The second-order valence-corrected chi connectivity index (χ2v) is 3.59. The number of aromatic amines is 2. The summed E-state index contributed by atoms with van der Waals surface area (Å²) in [5.41, 5.74) is 5.19. The van der Waals surface area contributed by atoms with Crippen molar-refractivity contribution in [3.8, 4) is 0 Å². The van der Waals surface area contributed by atoms with E-state index in [4.69, 9.17) is 5.73 Å². The summed E-state index contributed by atoms with van der Waals surface area (Å²) < 4.78 is 1.30. The standard InChI is InChI=1S/C9H13N5O2/c1-14-7-6(8(15)13-9(14)16)11-5(12-7)3-2-4-10/h2-4,10H2,1H3,(H,11,12)(H,13,15,16). The summed E-state index contributed by atoms with van der Waals surface area (Å²) in [5.74, 6) is 0.673. The predicted octanol–water partition coefficient (Wildman–Crippen LogP) is -1.16. The molecule has 4 N–H and O–H groups in total. The van der Waals surface area contributed by atoms with E-state index in [0.717, 1.165) is 6.42 Å². The topological polar surface area (TPSA) is 110 Å². The first-order valence-corrected chi connectivity index (χ1v) is 5.01. The van der Waals surface area contributed by atoms with Gasteiger partial charge in [-0.1, -0.05) is 0 Å². The Hall–Kier alpha value is -1.89. The van der Waals surface area contributed by atoms with Crippen LogP contribution in [0.25, 0.3) is 11.2 Å². The molecule has 0 fully saturated rings. The van der Waals surface area contributed by atoms with E-state index in [1.54, 1.807) is 7.05 Å². The first-order valence-electron chi connectivity index (χ1n) is 5.01. The van der Waals surface area contributed by atoms with E-state index in [-0.39, 0.29) is 0 Å². The molecule has 86 valence electrons. The fraction of sp³-hybridized carbons (Fsp3) is 0.444. The Morgan fingerprint density at radius 1 is 1.38 bits per heavy atom. The van der Waals surface area contributed by atoms with Crippen LogP contribution in [0.2, 0.25) is 0 Å². The molecule has 0 aliphatic carbocycles. The summed E-state index contributed by atoms with van der Waals surface area (Å²) in [7, 11) is 1.56. The molecule has 0 bridgehead atoms. The highest BCUT2D eigenvalue weighted by Crippen LogP contribution is 2.04. The van der Waals surface area contributed by atoms with E-state index >= 15 is 0 Å². The number of hydrogen-bond acceptors (Lipinski definition) is 4. The van der Waals surface area contributed by atoms with Crippen molar-refractivity contribution in [2.24, 2.45) is 12.8 Å². The number of aryl methyl sites for hydroxylation is 2. The lowest BCUT2D eigenvalue weighted by atomic mass is 10.3. The molecule has 0 aliphatic heterocycles. The molecule has 0 amide bonds. The van der Waals surface area contributed by atoms with E-state index in [1.165, 1.54) is 4.57 Å². The fourth-order valence-electron chi connectivity index (χ4n) is 1.54. The van der Waals surface area contributed by atoms with Crippen molar-refractivity contribution in [2.75, 3.05) is 6.54 Å². The molecule has 0 aromatic carbocycles. The molecule has 0 saturated carbocycles. The smallest absolute Gasteiger partial charge is 0.329 e. The van der Waals surface area contributed by atoms with Crippen LogP contribution >= 0.6 is 0 Å². The van der Waals surface area contributed by atoms with Crippen LogP contribution in [0.5, 0.6) is 0 Å². The zero-order valence-corrected chi connectivity index (χ0v) is 8.91. The second-order valence-electron chi connectivity index (χ2n) is 3.59. The number of imidazole rings is 1. The van der Waals surface area contributed by atoms with Crippen molar-refractivity contribution >= 4 is 11.2 Å². The van der Waals surface area contributed by atoms with E-state index in [1.807, 2.05) is 0 Å². The largest absolute Gasteiger partial charge is 0.336 e. The van der Waals surface area contributed by atoms with Gasteiger partial charge in [0, 0.05) is 13.5 Å². The molecule has 0 atom stereocenters. The third-order valence-corrected chi connectivity index (χ3v) is 2.42. The lowest BCUT2D eigenvalue weighted by molar-refractivity contribution is 0.791. The third kappa shape index (κ3) is 1.65. The van der Waals surface area contributed by atoms with Gasteiger partial charge in [0.15, 0.2) is 5.65 Å². The van der Waals surface area contributed by atoms with Crippen LogP contribution in [0, 0.1) is 0 Å². The summed E-state index contributed by atoms with van der Waals surface area (Å²) in [6, 6.07) is 0. The van der Waals surface area contributed by atoms with Crippen LogP contribution < -0.4 is 17.0 Å². The van der Waals surface area contributed by atoms with E-state index in [0.29, 0.717) is 30.0 Å². The molecule has 2 heterocycles. The van der Waals surface area contributed by atoms with Gasteiger partial charge in [0.1, 0.15) is 11.3 Å². The lowest BCUT2D eigenvalue weighted by Gasteiger charge is -1.94. The van der Waals surface area contributed by atoms with Gasteiger partial charge in [-0.15, -0.1) is 0 Å². The molecule has 0 radical (unpaired) electrons. The fourth-order valence-corrected chi connectivity index (χ4v) is 1.54. The van der Waals surface area contributed by atoms with E-state index in [2.05, 4.69) is 15.0 Å². The molecule has 0 aliphatic rings. The maximum absolute atomic E-state index is 11.5. The molecule has 7 heteroatoms. The van der Waals surface area contributed by atoms with Crippen LogP contribution in [0.1, 0.15) is 12.2 Å². The van der Waals surface area contributed by atoms with Crippen molar-refractivity contribution in [1.29, 1.82) is 0 Å². The minimum absolute atomic E-state index is 0.328. The molecule has 2 aromatic heterocycles. The zero-order chi connectivity index (χ0) is 11.7. The van der Waals surface area contributed by atoms with Gasteiger partial charge in [-0.25, -0.2) is 9.78 Å². The van der Waals surface area contributed by atoms with Crippen molar-refractivity contribution in [3.63, 3.8) is 0 Å². The van der Waals surface area contributed by atoms with Crippen LogP contribution in [0.4, 0.5) is 0 Å². The second kappa shape index (κ2) is 3.93. The maximum Gasteiger partial charge on any atom is 0.329 e. The molecular formula is C9H13N5O2. The average molecular weight is 223 g/mol. The Labute approximate surface area is 90.3 Å². The minimum atomic E-state index is -0.464. The van der Waals surface area contributed by atoms with Gasteiger partial charge in [-0.05, 0) is 13.0 Å². The Balaban J connectivity index is 2.61. The summed E-state index contributed by atoms with van der Waals surface area (Å²) >= 11 is 0. The number of aromatic nitrogens is 4. The van der Waals surface area contributed by atoms with Gasteiger partial charge < -0.3 is 10.7 Å². The minimum Gasteiger partial charge on any atom is -0.336 e. The SMILES string of the molecule is Cn1c(=O)[nH]c(=O)c2[nH]c(CCCN)nc21. The summed E-state index contributed by atoms with van der Waals surface area (Å²) in [6.07, 6.45) is 1.45. The number of hydrogen-bond donors (Lipinski definition) is 3. The highest BCUT2D eigenvalue weighted by Gasteiger charge is 2.09. The van der Waals surface area contributed by atoms with Crippen LogP contribution in [-0.4, -0.2) is 26.1 Å². The first kappa shape index (κ1) is 10.6. The Morgan fingerprint density at radius 2 is 2.12 bits per heavy atom. The highest BCUT2D eigenvalue weighted by atomic mass is 16.2. The zero-order valence-electron chi connectivity index (χ0n) is 8.91. The van der Waals surface area contributed by atoms with Crippen molar-refractivity contribution < 1.29 is 0 Å². The van der Waals surface area contributed by atoms with Gasteiger partial charge in [0.2, 0.25) is 0 Å². The van der Waals surface area contributed by atoms with Crippen LogP contribution in [0.15, 0.2) is 9.59 Å². The molecular weight excluding hydrogens is 210 g/mol. The van der Waals surface area contributed by atoms with Gasteiger partial charge >= 0.3 is 5.69 Å². The molecule has 16 heavy (non-hydrogen) atoms. The number of H-pyrrole nitrogens is 2. The number of nitrogens with two attached hydrogens (primary N) is 1. The van der Waals surface area contributed by atoms with Crippen molar-refractivity contribution in [2.45, 2.75) is 12.8 Å². The molecule has 2 rings (SSSR count). The Morgan fingerprint density at radius 3 is 2.81 bits per heavy atom. The Bertz CT molecular complexity index is 621. The molecule has 0 unspecified atom stereocenters. The highest BCUT2D eigenvalue weighted by molar-refractivity contribution is 5.69. The summed E-state index contributed by atoms with van der Waals surface area (Å²) in [4.78, 5) is 32.1. The first-order chi connectivity index (χ1) is 7.63. The normalized spacial score (nSPS) is 11.1. The van der Waals surface area contributed by atoms with Gasteiger partial charge in [0.25, 0.3) is 5.56 Å². The van der Waals surface area contributed by atoms with Gasteiger partial charge in [0.05, 0.1) is 0 Å². The van der Waals surface area contributed by atoms with Crippen molar-refractivity contribution in [1.82, 2.24) is 19.5 Å². The maximum atomic E-state index is 11.5. The molecule has 2 aromatic rings. The van der Waals surface area contributed by atoms with Crippen molar-refractivity contribution in [3.05, 3.63) is 26.7 Å². The average Bonchev–Trinajstić information content (AvgIpc) is 2.68. The predicted molar refractivity (Wildman–Crippen MR) is 59.3 cm³/mol. The number of fused-ring (bicyclic) bond motifs is 1. The van der Waals surface area contributed by atoms with Crippen LogP contribution in [-0.2, 0) is 13.5 Å². The molecule has 0 saturated heterocycles. The quantitative estimate of drug-likeness (QED) is 0.609. The summed E-state index contributed by atoms with van der Waals surface area (Å²) in [5, 5.41) is 0. The van der Waals surface area contributed by atoms with Crippen LogP contribution in [0.3, 0.4) is 0 Å². The van der Waals surface area contributed by atoms with E-state index < -0.39 is 11.2 Å². The number of nitrogens with one attached hydrogen (secondary N) is 2. The van der Waals surface area contributed by atoms with Gasteiger partial charge in [-0.3, -0.25) is 14.3 Å². The van der Waals surface area contributed by atoms with Gasteiger partial charge in [-0.2, -0.15) is 0 Å². The number of nitrogens with zero attached hydrogens (tertiary/aromatic N) is 2.